The first-order valence-electron chi connectivity index (χ1n) is 8.15. The molecule has 8 heteroatoms. The largest absolute Gasteiger partial charge is 0.456 e. The maximum atomic E-state index is 11.8. The molecule has 0 aliphatic rings. The van der Waals surface area contributed by atoms with Gasteiger partial charge in [0.1, 0.15) is 0 Å². The molecule has 0 bridgehead atoms. The second-order valence-electron chi connectivity index (χ2n) is 5.60. The number of benzene rings is 2. The average molecular weight is 454 g/mol. The molecule has 2 aromatic carbocycles. The zero-order valence-electron chi connectivity index (χ0n) is 14.3. The Balaban J connectivity index is 1.64. The summed E-state index contributed by atoms with van der Waals surface area (Å²) in [7, 11) is 0. The monoisotopic (exact) mass is 452 g/mol. The highest BCUT2D eigenvalue weighted by molar-refractivity contribution is 9.10. The van der Waals surface area contributed by atoms with Gasteiger partial charge in [-0.1, -0.05) is 57.9 Å². The van der Waals surface area contributed by atoms with Crippen LogP contribution in [0.15, 0.2) is 53.0 Å². The fraction of sp³-hybridized carbons (Fsp3) is 0.211. The van der Waals surface area contributed by atoms with Crippen molar-refractivity contribution in [2.75, 3.05) is 18.5 Å². The molecule has 142 valence electrons. The minimum absolute atomic E-state index is 0.0210. The van der Waals surface area contributed by atoms with Gasteiger partial charge in [-0.05, 0) is 23.8 Å². The second-order valence-corrected chi connectivity index (χ2v) is 6.92. The first-order chi connectivity index (χ1) is 12.9. The van der Waals surface area contributed by atoms with Gasteiger partial charge in [-0.25, -0.2) is 0 Å². The van der Waals surface area contributed by atoms with E-state index in [2.05, 4.69) is 26.6 Å². The molecule has 0 aromatic heterocycles. The molecular weight excluding hydrogens is 436 g/mol. The first-order valence-corrected chi connectivity index (χ1v) is 9.32. The topological polar surface area (TPSA) is 84.5 Å². The molecule has 0 saturated carbocycles. The number of halogens is 2. The van der Waals surface area contributed by atoms with Gasteiger partial charge in [0, 0.05) is 11.0 Å². The van der Waals surface area contributed by atoms with Crippen LogP contribution in [0.1, 0.15) is 12.0 Å². The van der Waals surface area contributed by atoms with Gasteiger partial charge < -0.3 is 15.4 Å². The molecule has 0 fully saturated rings. The summed E-state index contributed by atoms with van der Waals surface area (Å²) >= 11 is 9.27. The summed E-state index contributed by atoms with van der Waals surface area (Å²) in [5.74, 6) is -1.26. The minimum atomic E-state index is -0.577. The minimum Gasteiger partial charge on any atom is -0.456 e. The molecule has 2 aromatic rings. The van der Waals surface area contributed by atoms with E-state index in [9.17, 15) is 14.4 Å². The Morgan fingerprint density at radius 3 is 2.48 bits per heavy atom. The predicted octanol–water partition coefficient (Wildman–Crippen LogP) is 3.33. The van der Waals surface area contributed by atoms with Gasteiger partial charge in [0.05, 0.1) is 23.6 Å². The van der Waals surface area contributed by atoms with Crippen LogP contribution in [0.5, 0.6) is 0 Å². The molecule has 0 radical (unpaired) electrons. The quantitative estimate of drug-likeness (QED) is 0.601. The van der Waals surface area contributed by atoms with Crippen LogP contribution in [-0.4, -0.2) is 30.9 Å². The second kappa shape index (κ2) is 10.7. The Hall–Kier alpha value is -2.38. The van der Waals surface area contributed by atoms with Gasteiger partial charge in [-0.3, -0.25) is 14.4 Å². The van der Waals surface area contributed by atoms with Gasteiger partial charge in [-0.15, -0.1) is 0 Å². The van der Waals surface area contributed by atoms with E-state index >= 15 is 0 Å². The fourth-order valence-electron chi connectivity index (χ4n) is 2.14. The Bertz CT molecular complexity index is 815. The zero-order valence-corrected chi connectivity index (χ0v) is 16.7. The van der Waals surface area contributed by atoms with Gasteiger partial charge in [0.15, 0.2) is 6.61 Å². The molecule has 2 N–H and O–H groups in total. The number of amides is 2. The summed E-state index contributed by atoms with van der Waals surface area (Å²) in [5, 5.41) is 5.56. The standard InChI is InChI=1S/C19H18BrClN2O4/c20-14-6-7-16(15(21)11-14)23-18(25)12-27-19(26)8-9-22-17(24)10-13-4-2-1-3-5-13/h1-7,11H,8-10,12H2,(H,22,24)(H,23,25). The zero-order chi connectivity index (χ0) is 19.6. The number of ether oxygens (including phenoxy) is 1. The molecule has 0 heterocycles. The van der Waals surface area contributed by atoms with E-state index in [1.165, 1.54) is 0 Å². The lowest BCUT2D eigenvalue weighted by atomic mass is 10.1. The lowest BCUT2D eigenvalue weighted by molar-refractivity contribution is -0.147. The normalized spacial score (nSPS) is 10.1. The Morgan fingerprint density at radius 2 is 1.78 bits per heavy atom. The summed E-state index contributed by atoms with van der Waals surface area (Å²) in [4.78, 5) is 35.3. The first kappa shape index (κ1) is 20.9. The summed E-state index contributed by atoms with van der Waals surface area (Å²) in [6, 6.07) is 14.3. The molecule has 0 atom stereocenters. The van der Waals surface area contributed by atoms with Crippen molar-refractivity contribution in [2.24, 2.45) is 0 Å². The molecule has 6 nitrogen and oxygen atoms in total. The maximum absolute atomic E-state index is 11.8. The summed E-state index contributed by atoms with van der Waals surface area (Å²) < 4.78 is 5.67. The van der Waals surface area contributed by atoms with Crippen LogP contribution in [0.25, 0.3) is 0 Å². The number of hydrogen-bond acceptors (Lipinski definition) is 4. The van der Waals surface area contributed by atoms with E-state index in [1.807, 2.05) is 30.3 Å². The SMILES string of the molecule is O=C(Cc1ccccc1)NCCC(=O)OCC(=O)Nc1ccc(Br)cc1Cl. The third kappa shape index (κ3) is 7.80. The van der Waals surface area contributed by atoms with E-state index in [4.69, 9.17) is 16.3 Å². The molecule has 0 aliphatic heterocycles. The van der Waals surface area contributed by atoms with Crippen molar-refractivity contribution in [2.45, 2.75) is 12.8 Å². The van der Waals surface area contributed by atoms with Crippen LogP contribution in [0.4, 0.5) is 5.69 Å². The van der Waals surface area contributed by atoms with Crippen molar-refractivity contribution in [3.8, 4) is 0 Å². The Morgan fingerprint density at radius 1 is 1.04 bits per heavy atom. The molecule has 0 spiro atoms. The number of anilines is 1. The molecule has 2 amide bonds. The van der Waals surface area contributed by atoms with E-state index in [0.29, 0.717) is 10.7 Å². The molecule has 0 aliphatic carbocycles. The molecular formula is C19H18BrClN2O4. The molecule has 2 rings (SSSR count). The summed E-state index contributed by atoms with van der Waals surface area (Å²) in [5.41, 5.74) is 1.31. The highest BCUT2D eigenvalue weighted by atomic mass is 79.9. The van der Waals surface area contributed by atoms with Gasteiger partial charge in [0.25, 0.3) is 5.91 Å². The van der Waals surface area contributed by atoms with Crippen molar-refractivity contribution in [3.63, 3.8) is 0 Å². The van der Waals surface area contributed by atoms with E-state index in [-0.39, 0.29) is 25.3 Å². The average Bonchev–Trinajstić information content (AvgIpc) is 2.63. The van der Waals surface area contributed by atoms with Crippen LogP contribution >= 0.6 is 27.5 Å². The van der Waals surface area contributed by atoms with Gasteiger partial charge in [-0.2, -0.15) is 0 Å². The van der Waals surface area contributed by atoms with Crippen LogP contribution in [-0.2, 0) is 25.5 Å². The number of esters is 1. The van der Waals surface area contributed by atoms with Crippen LogP contribution in [0.2, 0.25) is 5.02 Å². The lowest BCUT2D eigenvalue weighted by Crippen LogP contribution is -2.28. The van der Waals surface area contributed by atoms with Crippen LogP contribution < -0.4 is 10.6 Å². The smallest absolute Gasteiger partial charge is 0.308 e. The third-order valence-corrected chi connectivity index (χ3v) is 4.23. The third-order valence-electron chi connectivity index (χ3n) is 3.43. The number of carbonyl (C=O) groups is 3. The predicted molar refractivity (Wildman–Crippen MR) is 107 cm³/mol. The number of rotatable bonds is 8. The highest BCUT2D eigenvalue weighted by Crippen LogP contribution is 2.25. The Labute approximate surface area is 170 Å². The summed E-state index contributed by atoms with van der Waals surface area (Å²) in [6.07, 6.45) is 0.221. The van der Waals surface area contributed by atoms with E-state index in [0.717, 1.165) is 10.0 Å². The van der Waals surface area contributed by atoms with E-state index < -0.39 is 18.5 Å². The van der Waals surface area contributed by atoms with Crippen molar-refractivity contribution >= 4 is 51.0 Å². The number of carbonyl (C=O) groups excluding carboxylic acids is 3. The fourth-order valence-corrected chi connectivity index (χ4v) is 2.86. The Kier molecular flexibility index (Phi) is 8.29. The van der Waals surface area contributed by atoms with Crippen molar-refractivity contribution < 1.29 is 19.1 Å². The van der Waals surface area contributed by atoms with Crippen molar-refractivity contribution in [1.82, 2.24) is 5.32 Å². The highest BCUT2D eigenvalue weighted by Gasteiger charge is 2.10. The van der Waals surface area contributed by atoms with Crippen molar-refractivity contribution in [1.29, 1.82) is 0 Å². The summed E-state index contributed by atoms with van der Waals surface area (Å²) in [6.45, 7) is -0.284. The number of hydrogen-bond donors (Lipinski definition) is 2. The van der Waals surface area contributed by atoms with Gasteiger partial charge >= 0.3 is 5.97 Å². The van der Waals surface area contributed by atoms with Crippen molar-refractivity contribution in [3.05, 3.63) is 63.6 Å². The van der Waals surface area contributed by atoms with Crippen LogP contribution in [0, 0.1) is 0 Å². The number of nitrogens with one attached hydrogen (secondary N) is 2. The van der Waals surface area contributed by atoms with Crippen LogP contribution in [0.3, 0.4) is 0 Å². The molecule has 27 heavy (non-hydrogen) atoms. The molecule has 0 unspecified atom stereocenters. The molecule has 0 saturated heterocycles. The maximum Gasteiger partial charge on any atom is 0.308 e. The van der Waals surface area contributed by atoms with Gasteiger partial charge in [0.2, 0.25) is 5.91 Å². The lowest BCUT2D eigenvalue weighted by Gasteiger charge is -2.09. The van der Waals surface area contributed by atoms with E-state index in [1.54, 1.807) is 18.2 Å².